The summed E-state index contributed by atoms with van der Waals surface area (Å²) >= 11 is 0. The summed E-state index contributed by atoms with van der Waals surface area (Å²) in [5, 5.41) is 14.4. The molecule has 2 heterocycles. The summed E-state index contributed by atoms with van der Waals surface area (Å²) in [5.41, 5.74) is 5.24. The normalized spacial score (nSPS) is 10.7. The maximum absolute atomic E-state index is 13.0. The van der Waals surface area contributed by atoms with Crippen LogP contribution in [-0.2, 0) is 24.8 Å². The third-order valence-corrected chi connectivity index (χ3v) is 5.44. The maximum Gasteiger partial charge on any atom is 0.242 e. The van der Waals surface area contributed by atoms with Gasteiger partial charge in [-0.3, -0.25) is 4.79 Å². The molecule has 0 aliphatic rings. The number of hydrogen-bond donors (Lipinski definition) is 0. The molecule has 0 N–H and O–H groups in total. The van der Waals surface area contributed by atoms with Gasteiger partial charge >= 0.3 is 0 Å². The van der Waals surface area contributed by atoms with Crippen molar-refractivity contribution in [2.24, 2.45) is 7.05 Å². The van der Waals surface area contributed by atoms with Crippen LogP contribution in [0, 0.1) is 25.2 Å². The molecular weight excluding hydrogens is 390 g/mol. The highest BCUT2D eigenvalue weighted by atomic mass is 16.5. The van der Waals surface area contributed by atoms with Gasteiger partial charge in [-0.25, -0.2) is 9.67 Å². The molecule has 3 aromatic rings. The van der Waals surface area contributed by atoms with Crippen molar-refractivity contribution in [3.05, 3.63) is 64.9 Å². The number of aryl methyl sites for hydroxylation is 3. The molecule has 0 fully saturated rings. The SMILES string of the molecule is C=CCN(Cc1cccc(C#N)c1)C(=O)CCc1c(C)nc2c(c(OC)nn2C)c1C. The van der Waals surface area contributed by atoms with Gasteiger partial charge in [0.25, 0.3) is 0 Å². The van der Waals surface area contributed by atoms with Crippen LogP contribution in [0.5, 0.6) is 5.88 Å². The summed E-state index contributed by atoms with van der Waals surface area (Å²) in [6, 6.07) is 9.46. The van der Waals surface area contributed by atoms with E-state index in [1.165, 1.54) is 0 Å². The van der Waals surface area contributed by atoms with E-state index in [0.29, 0.717) is 37.4 Å². The smallest absolute Gasteiger partial charge is 0.242 e. The third-order valence-electron chi connectivity index (χ3n) is 5.44. The highest BCUT2D eigenvalue weighted by Crippen LogP contribution is 2.30. The monoisotopic (exact) mass is 417 g/mol. The second kappa shape index (κ2) is 9.43. The van der Waals surface area contributed by atoms with Gasteiger partial charge in [0.1, 0.15) is 0 Å². The zero-order valence-corrected chi connectivity index (χ0v) is 18.5. The number of hydrogen-bond acceptors (Lipinski definition) is 5. The number of nitriles is 1. The summed E-state index contributed by atoms with van der Waals surface area (Å²) in [7, 11) is 3.44. The van der Waals surface area contributed by atoms with Gasteiger partial charge in [-0.15, -0.1) is 11.7 Å². The number of rotatable bonds is 8. The number of amides is 1. The number of ether oxygens (including phenoxy) is 1. The number of pyridine rings is 1. The van der Waals surface area contributed by atoms with Crippen LogP contribution in [0.2, 0.25) is 0 Å². The van der Waals surface area contributed by atoms with Crippen molar-refractivity contribution in [2.45, 2.75) is 33.2 Å². The van der Waals surface area contributed by atoms with Crippen LogP contribution in [-0.4, -0.2) is 39.2 Å². The minimum atomic E-state index is 0.0271. The summed E-state index contributed by atoms with van der Waals surface area (Å²) in [4.78, 5) is 19.5. The van der Waals surface area contributed by atoms with Crippen LogP contribution in [0.1, 0.15) is 34.4 Å². The van der Waals surface area contributed by atoms with E-state index in [0.717, 1.165) is 33.4 Å². The molecule has 0 saturated heterocycles. The molecule has 0 aliphatic carbocycles. The van der Waals surface area contributed by atoms with E-state index in [1.54, 1.807) is 28.8 Å². The van der Waals surface area contributed by atoms with Crippen molar-refractivity contribution in [3.8, 4) is 11.9 Å². The van der Waals surface area contributed by atoms with Crippen molar-refractivity contribution < 1.29 is 9.53 Å². The highest BCUT2D eigenvalue weighted by molar-refractivity contribution is 5.86. The van der Waals surface area contributed by atoms with Gasteiger partial charge in [-0.2, -0.15) is 5.26 Å². The van der Waals surface area contributed by atoms with Gasteiger partial charge in [0.15, 0.2) is 5.65 Å². The summed E-state index contributed by atoms with van der Waals surface area (Å²) in [5.74, 6) is 0.569. The zero-order chi connectivity index (χ0) is 22.5. The number of carbonyl (C=O) groups is 1. The maximum atomic E-state index is 13.0. The Kier molecular flexibility index (Phi) is 6.71. The number of fused-ring (bicyclic) bond motifs is 1. The molecule has 0 aliphatic heterocycles. The first-order chi connectivity index (χ1) is 14.9. The second-order valence-corrected chi connectivity index (χ2v) is 7.51. The predicted octanol–water partition coefficient (Wildman–Crippen LogP) is 3.61. The Morgan fingerprint density at radius 1 is 1.39 bits per heavy atom. The lowest BCUT2D eigenvalue weighted by molar-refractivity contribution is -0.131. The lowest BCUT2D eigenvalue weighted by Gasteiger charge is -2.22. The Morgan fingerprint density at radius 3 is 2.84 bits per heavy atom. The van der Waals surface area contributed by atoms with Gasteiger partial charge in [0.05, 0.1) is 24.1 Å². The van der Waals surface area contributed by atoms with Gasteiger partial charge in [-0.1, -0.05) is 18.2 Å². The average molecular weight is 418 g/mol. The first-order valence-corrected chi connectivity index (χ1v) is 10.1. The molecule has 0 radical (unpaired) electrons. The summed E-state index contributed by atoms with van der Waals surface area (Å²) in [6.07, 6.45) is 2.64. The third kappa shape index (κ3) is 4.58. The summed E-state index contributed by atoms with van der Waals surface area (Å²) < 4.78 is 7.14. The number of benzene rings is 1. The lowest BCUT2D eigenvalue weighted by Crippen LogP contribution is -2.31. The van der Waals surface area contributed by atoms with Crippen LogP contribution < -0.4 is 4.74 Å². The second-order valence-electron chi connectivity index (χ2n) is 7.51. The van der Waals surface area contributed by atoms with Crippen molar-refractivity contribution in [1.82, 2.24) is 19.7 Å². The Balaban J connectivity index is 1.81. The molecule has 7 heteroatoms. The van der Waals surface area contributed by atoms with Crippen LogP contribution >= 0.6 is 0 Å². The van der Waals surface area contributed by atoms with E-state index in [4.69, 9.17) is 15.0 Å². The first-order valence-electron chi connectivity index (χ1n) is 10.1. The standard InChI is InChI=1S/C24H27N5O2/c1-6-12-29(15-19-9-7-8-18(13-19)14-25)21(30)11-10-20-16(2)22-23(26-17(20)3)28(4)27-24(22)31-5/h6-9,13H,1,10-12,15H2,2-5H3. The molecule has 2 aromatic heterocycles. The predicted molar refractivity (Wildman–Crippen MR) is 120 cm³/mol. The molecule has 3 rings (SSSR count). The van der Waals surface area contributed by atoms with Gasteiger partial charge in [-0.05, 0) is 49.1 Å². The fraction of sp³-hybridized carbons (Fsp3) is 0.333. The molecule has 0 atom stereocenters. The van der Waals surface area contributed by atoms with Crippen LogP contribution in [0.4, 0.5) is 0 Å². The van der Waals surface area contributed by atoms with Crippen molar-refractivity contribution in [3.63, 3.8) is 0 Å². The topological polar surface area (TPSA) is 84.0 Å². The largest absolute Gasteiger partial charge is 0.479 e. The van der Waals surface area contributed by atoms with E-state index in [1.807, 2.05) is 39.1 Å². The number of aromatic nitrogens is 3. The minimum Gasteiger partial charge on any atom is -0.479 e. The molecule has 1 aromatic carbocycles. The lowest BCUT2D eigenvalue weighted by atomic mass is 9.99. The Morgan fingerprint density at radius 2 is 2.16 bits per heavy atom. The van der Waals surface area contributed by atoms with Gasteiger partial charge < -0.3 is 9.64 Å². The van der Waals surface area contributed by atoms with E-state index < -0.39 is 0 Å². The quantitative estimate of drug-likeness (QED) is 0.523. The van der Waals surface area contributed by atoms with Crippen LogP contribution in [0.25, 0.3) is 11.0 Å². The van der Waals surface area contributed by atoms with Crippen LogP contribution in [0.3, 0.4) is 0 Å². The Labute approximate surface area is 182 Å². The number of methoxy groups -OCH3 is 1. The fourth-order valence-electron chi connectivity index (χ4n) is 3.87. The van der Waals surface area contributed by atoms with E-state index in [9.17, 15) is 4.79 Å². The molecule has 0 saturated carbocycles. The van der Waals surface area contributed by atoms with Crippen molar-refractivity contribution in [1.29, 1.82) is 5.26 Å². The molecule has 31 heavy (non-hydrogen) atoms. The first kappa shape index (κ1) is 22.0. The molecule has 0 spiro atoms. The molecule has 7 nitrogen and oxygen atoms in total. The molecular formula is C24H27N5O2. The number of nitrogens with zero attached hydrogens (tertiary/aromatic N) is 5. The summed E-state index contributed by atoms with van der Waals surface area (Å²) in [6.45, 7) is 8.65. The zero-order valence-electron chi connectivity index (χ0n) is 18.5. The fourth-order valence-corrected chi connectivity index (χ4v) is 3.87. The van der Waals surface area contributed by atoms with Crippen molar-refractivity contribution >= 4 is 16.9 Å². The molecule has 0 bridgehead atoms. The number of carbonyl (C=O) groups excluding carboxylic acids is 1. The minimum absolute atomic E-state index is 0.0271. The molecule has 160 valence electrons. The Bertz CT molecular complexity index is 1170. The molecule has 1 amide bonds. The van der Waals surface area contributed by atoms with E-state index >= 15 is 0 Å². The highest BCUT2D eigenvalue weighted by Gasteiger charge is 2.20. The van der Waals surface area contributed by atoms with E-state index in [-0.39, 0.29) is 5.91 Å². The van der Waals surface area contributed by atoms with Crippen molar-refractivity contribution in [2.75, 3.05) is 13.7 Å². The van der Waals surface area contributed by atoms with E-state index in [2.05, 4.69) is 17.7 Å². The van der Waals surface area contributed by atoms with Gasteiger partial charge in [0, 0.05) is 32.3 Å². The average Bonchev–Trinajstić information content (AvgIpc) is 3.08. The van der Waals surface area contributed by atoms with Gasteiger partial charge in [0.2, 0.25) is 11.8 Å². The van der Waals surface area contributed by atoms with Crippen LogP contribution in [0.15, 0.2) is 36.9 Å². The molecule has 0 unspecified atom stereocenters. The Hall–Kier alpha value is -3.66.